The molecule has 2 heterocycles. The molecular weight excluding hydrogens is 453 g/mol. The Balaban J connectivity index is 1.93. The molecule has 2 N–H and O–H groups in total. The standard InChI is InChI=1S/C18H14F5NO4S2/c1-7-9(4-14(26)27)10-3-13(25)11(19)5-12(10)24(7)16(28)8-2-15(29-6-8)30-18(22,23)17(20)21/h2-3,6,12,17,25H,4-5H2,1H3,(H,26,27). The molecule has 2 aliphatic rings. The van der Waals surface area contributed by atoms with Gasteiger partial charge in [-0.15, -0.1) is 11.3 Å². The Morgan fingerprint density at radius 3 is 2.67 bits per heavy atom. The van der Waals surface area contributed by atoms with E-state index in [-0.39, 0.29) is 44.8 Å². The Morgan fingerprint density at radius 1 is 1.40 bits per heavy atom. The van der Waals surface area contributed by atoms with Gasteiger partial charge in [0.25, 0.3) is 5.91 Å². The van der Waals surface area contributed by atoms with Crippen molar-refractivity contribution < 1.29 is 41.8 Å². The Morgan fingerprint density at radius 2 is 2.07 bits per heavy atom. The van der Waals surface area contributed by atoms with Crippen molar-refractivity contribution in [2.75, 3.05) is 0 Å². The fourth-order valence-electron chi connectivity index (χ4n) is 3.29. The lowest BCUT2D eigenvalue weighted by Gasteiger charge is -2.28. The highest BCUT2D eigenvalue weighted by Crippen LogP contribution is 2.45. The first kappa shape index (κ1) is 22.3. The molecule has 0 bridgehead atoms. The minimum absolute atomic E-state index is 0.0815. The largest absolute Gasteiger partial charge is 0.505 e. The van der Waals surface area contributed by atoms with Crippen LogP contribution in [0.4, 0.5) is 22.0 Å². The first-order valence-corrected chi connectivity index (χ1v) is 10.1. The summed E-state index contributed by atoms with van der Waals surface area (Å²) in [6, 6.07) is 0.119. The molecule has 0 fully saturated rings. The summed E-state index contributed by atoms with van der Waals surface area (Å²) in [5, 5.41) is 15.7. The van der Waals surface area contributed by atoms with Crippen LogP contribution in [0.15, 0.2) is 50.2 Å². The quantitative estimate of drug-likeness (QED) is 0.436. The number of carboxylic acid groups (broad SMARTS) is 1. The number of aliphatic hydroxyl groups is 1. The number of nitrogens with zero attached hydrogens (tertiary/aromatic N) is 1. The molecule has 0 saturated heterocycles. The number of thiophene rings is 1. The molecule has 12 heteroatoms. The molecule has 162 valence electrons. The van der Waals surface area contributed by atoms with Gasteiger partial charge in [0.1, 0.15) is 11.6 Å². The van der Waals surface area contributed by atoms with Gasteiger partial charge in [0.2, 0.25) is 0 Å². The van der Waals surface area contributed by atoms with E-state index in [0.29, 0.717) is 11.3 Å². The summed E-state index contributed by atoms with van der Waals surface area (Å²) in [5.74, 6) is -3.46. The fourth-order valence-corrected chi connectivity index (χ4v) is 5.11. The van der Waals surface area contributed by atoms with E-state index >= 15 is 0 Å². The van der Waals surface area contributed by atoms with Crippen molar-refractivity contribution >= 4 is 35.0 Å². The summed E-state index contributed by atoms with van der Waals surface area (Å²) in [4.78, 5) is 25.4. The van der Waals surface area contributed by atoms with Gasteiger partial charge in [-0.1, -0.05) is 0 Å². The van der Waals surface area contributed by atoms with Crippen LogP contribution in [-0.2, 0) is 4.79 Å². The molecule has 0 saturated carbocycles. The van der Waals surface area contributed by atoms with Crippen LogP contribution in [0.1, 0.15) is 30.1 Å². The molecule has 0 radical (unpaired) electrons. The first-order chi connectivity index (χ1) is 13.9. The van der Waals surface area contributed by atoms with Crippen LogP contribution in [0.2, 0.25) is 0 Å². The number of carboxylic acids is 1. The number of halogens is 5. The molecule has 0 aromatic carbocycles. The molecule has 1 aromatic rings. The summed E-state index contributed by atoms with van der Waals surface area (Å²) in [5.41, 5.74) is 0.645. The van der Waals surface area contributed by atoms with E-state index in [1.54, 1.807) is 0 Å². The molecule has 1 atom stereocenters. The van der Waals surface area contributed by atoms with Gasteiger partial charge in [-0.25, -0.2) is 13.2 Å². The van der Waals surface area contributed by atoms with E-state index in [1.165, 1.54) is 12.3 Å². The molecule has 1 aliphatic carbocycles. The minimum Gasteiger partial charge on any atom is -0.505 e. The summed E-state index contributed by atoms with van der Waals surface area (Å²) < 4.78 is 65.1. The predicted molar refractivity (Wildman–Crippen MR) is 99.5 cm³/mol. The third-order valence-corrected chi connectivity index (χ3v) is 6.65. The minimum atomic E-state index is -4.33. The number of allylic oxidation sites excluding steroid dienone is 2. The van der Waals surface area contributed by atoms with Gasteiger partial charge >= 0.3 is 17.6 Å². The Labute approximate surface area is 175 Å². The van der Waals surface area contributed by atoms with Crippen molar-refractivity contribution in [3.05, 3.63) is 51.5 Å². The second kappa shape index (κ2) is 8.06. The van der Waals surface area contributed by atoms with Crippen LogP contribution in [0.5, 0.6) is 0 Å². The third kappa shape index (κ3) is 4.10. The van der Waals surface area contributed by atoms with Crippen molar-refractivity contribution in [2.45, 2.75) is 41.7 Å². The number of rotatable bonds is 6. The number of hydrogen-bond donors (Lipinski definition) is 2. The van der Waals surface area contributed by atoms with Gasteiger partial charge < -0.3 is 15.1 Å². The number of alkyl halides is 4. The highest BCUT2D eigenvalue weighted by atomic mass is 32.2. The number of carbonyl (C=O) groups excluding carboxylic acids is 1. The number of aliphatic hydroxyl groups excluding tert-OH is 1. The summed E-state index contributed by atoms with van der Waals surface area (Å²) in [6.45, 7) is 1.46. The summed E-state index contributed by atoms with van der Waals surface area (Å²) >= 11 is 0.309. The lowest BCUT2D eigenvalue weighted by atomic mass is 9.92. The van der Waals surface area contributed by atoms with E-state index in [0.717, 1.165) is 17.0 Å². The highest BCUT2D eigenvalue weighted by molar-refractivity contribution is 8.02. The maximum absolute atomic E-state index is 14.0. The van der Waals surface area contributed by atoms with E-state index in [4.69, 9.17) is 5.11 Å². The van der Waals surface area contributed by atoms with Gasteiger partial charge in [-0.3, -0.25) is 9.59 Å². The molecule has 1 aliphatic heterocycles. The van der Waals surface area contributed by atoms with E-state index in [9.17, 15) is 36.6 Å². The third-order valence-electron chi connectivity index (χ3n) is 4.62. The molecular formula is C18H14F5NO4S2. The summed E-state index contributed by atoms with van der Waals surface area (Å²) in [6.07, 6.45) is -3.68. The smallest absolute Gasteiger partial charge is 0.358 e. The Bertz CT molecular complexity index is 998. The number of hydrogen-bond acceptors (Lipinski definition) is 5. The maximum atomic E-state index is 14.0. The topological polar surface area (TPSA) is 77.8 Å². The SMILES string of the molecule is CC1=C(CC(=O)O)C2=CC(O)=C(F)CC2N1C(=O)c1csc(SC(F)(F)C(F)F)c1. The number of carbonyl (C=O) groups is 2. The average molecular weight is 467 g/mol. The number of amides is 1. The zero-order valence-electron chi connectivity index (χ0n) is 15.2. The molecule has 5 nitrogen and oxygen atoms in total. The lowest BCUT2D eigenvalue weighted by molar-refractivity contribution is -0.136. The number of thioether (sulfide) groups is 1. The van der Waals surface area contributed by atoms with Gasteiger partial charge in [-0.05, 0) is 42.0 Å². The van der Waals surface area contributed by atoms with Crippen molar-refractivity contribution in [3.63, 3.8) is 0 Å². The van der Waals surface area contributed by atoms with E-state index < -0.39 is 47.6 Å². The van der Waals surface area contributed by atoms with Crippen LogP contribution >= 0.6 is 23.1 Å². The van der Waals surface area contributed by atoms with Crippen LogP contribution in [0.25, 0.3) is 0 Å². The van der Waals surface area contributed by atoms with E-state index in [2.05, 4.69) is 0 Å². The van der Waals surface area contributed by atoms with E-state index in [1.807, 2.05) is 0 Å². The number of aliphatic carboxylic acids is 1. The van der Waals surface area contributed by atoms with Crippen LogP contribution in [0.3, 0.4) is 0 Å². The fraction of sp³-hybridized carbons (Fsp3) is 0.333. The van der Waals surface area contributed by atoms with Crippen molar-refractivity contribution in [1.82, 2.24) is 4.90 Å². The van der Waals surface area contributed by atoms with Gasteiger partial charge in [0.05, 0.1) is 22.2 Å². The Hall–Kier alpha value is -2.34. The van der Waals surface area contributed by atoms with Crippen molar-refractivity contribution in [3.8, 4) is 0 Å². The normalized spacial score (nSPS) is 19.5. The van der Waals surface area contributed by atoms with Crippen molar-refractivity contribution in [1.29, 1.82) is 0 Å². The molecule has 0 spiro atoms. The molecule has 3 rings (SSSR count). The van der Waals surface area contributed by atoms with Gasteiger partial charge in [-0.2, -0.15) is 8.78 Å². The van der Waals surface area contributed by atoms with Crippen LogP contribution in [-0.4, -0.2) is 44.7 Å². The second-order valence-corrected chi connectivity index (χ2v) is 8.90. The average Bonchev–Trinajstić information content (AvgIpc) is 3.18. The monoisotopic (exact) mass is 467 g/mol. The van der Waals surface area contributed by atoms with Gasteiger partial charge in [0, 0.05) is 17.5 Å². The molecule has 1 unspecified atom stereocenters. The Kier molecular flexibility index (Phi) is 6.01. The lowest BCUT2D eigenvalue weighted by Crippen LogP contribution is -2.37. The van der Waals surface area contributed by atoms with Crippen LogP contribution < -0.4 is 0 Å². The molecule has 1 aromatic heterocycles. The predicted octanol–water partition coefficient (Wildman–Crippen LogP) is 5.34. The molecule has 1 amide bonds. The number of fused-ring (bicyclic) bond motifs is 1. The second-order valence-electron chi connectivity index (χ2n) is 6.54. The first-order valence-electron chi connectivity index (χ1n) is 8.40. The zero-order valence-corrected chi connectivity index (χ0v) is 16.8. The maximum Gasteiger partial charge on any atom is 0.358 e. The zero-order chi connectivity index (χ0) is 22.4. The van der Waals surface area contributed by atoms with Gasteiger partial charge in [0.15, 0.2) is 0 Å². The van der Waals surface area contributed by atoms with Crippen LogP contribution in [0, 0.1) is 0 Å². The highest BCUT2D eigenvalue weighted by Gasteiger charge is 2.44. The van der Waals surface area contributed by atoms with Crippen molar-refractivity contribution in [2.24, 2.45) is 0 Å². The summed E-state index contributed by atoms with van der Waals surface area (Å²) in [7, 11) is 0. The molecule has 30 heavy (non-hydrogen) atoms.